The van der Waals surface area contributed by atoms with Crippen molar-refractivity contribution in [1.29, 1.82) is 0 Å². The highest BCUT2D eigenvalue weighted by Crippen LogP contribution is 2.38. The number of hydrogen-bond donors (Lipinski definition) is 1. The first-order valence-corrected chi connectivity index (χ1v) is 13.5. The summed E-state index contributed by atoms with van der Waals surface area (Å²) in [5.41, 5.74) is 2.65. The van der Waals surface area contributed by atoms with Gasteiger partial charge in [-0.05, 0) is 37.1 Å². The van der Waals surface area contributed by atoms with Crippen molar-refractivity contribution < 1.29 is 9.90 Å². The summed E-state index contributed by atoms with van der Waals surface area (Å²) in [6, 6.07) is 13.3. The summed E-state index contributed by atoms with van der Waals surface area (Å²) in [4.78, 5) is 38.5. The maximum absolute atomic E-state index is 13.8. The minimum absolute atomic E-state index is 0.115. The van der Waals surface area contributed by atoms with Crippen LogP contribution in [0.2, 0.25) is 0 Å². The fourth-order valence-corrected chi connectivity index (χ4v) is 6.16. The van der Waals surface area contributed by atoms with Crippen molar-refractivity contribution in [1.82, 2.24) is 19.2 Å². The number of thiocarbonyl (C=S) groups is 1. The Labute approximate surface area is 225 Å². The minimum Gasteiger partial charge on any atom is -0.395 e. The molecule has 0 saturated carbocycles. The van der Waals surface area contributed by atoms with E-state index < -0.39 is 0 Å². The molecule has 37 heavy (non-hydrogen) atoms. The molecule has 0 radical (unpaired) electrons. The summed E-state index contributed by atoms with van der Waals surface area (Å²) in [6.07, 6.45) is 3.43. The molecule has 1 amide bonds. The molecule has 1 atom stereocenters. The molecule has 10 heteroatoms. The SMILES string of the molecule is Cc1ccc2nc(N3CCN(CCO)CC3)c(/C=C3\SC(=S)N(C(C)c4ccccc4)C3=O)c(=O)n2c1. The second-order valence-electron chi connectivity index (χ2n) is 9.28. The first-order chi connectivity index (χ1) is 17.9. The van der Waals surface area contributed by atoms with Gasteiger partial charge in [-0.15, -0.1) is 0 Å². The summed E-state index contributed by atoms with van der Waals surface area (Å²) in [7, 11) is 0. The molecule has 2 aliphatic heterocycles. The Balaban J connectivity index is 1.55. The summed E-state index contributed by atoms with van der Waals surface area (Å²) in [5.74, 6) is 0.359. The van der Waals surface area contributed by atoms with Gasteiger partial charge in [-0.3, -0.25) is 23.8 Å². The molecule has 2 aromatic heterocycles. The van der Waals surface area contributed by atoms with E-state index in [1.165, 1.54) is 11.8 Å². The average molecular weight is 536 g/mol. The molecular formula is C27H29N5O3S2. The number of rotatable bonds is 6. The fourth-order valence-electron chi connectivity index (χ4n) is 4.76. The highest BCUT2D eigenvalue weighted by atomic mass is 32.2. The number of hydrogen-bond acceptors (Lipinski definition) is 8. The predicted octanol–water partition coefficient (Wildman–Crippen LogP) is 3.08. The lowest BCUT2D eigenvalue weighted by Gasteiger charge is -2.35. The summed E-state index contributed by atoms with van der Waals surface area (Å²) in [6.45, 7) is 7.46. The first kappa shape index (κ1) is 25.6. The number of aliphatic hydroxyl groups excluding tert-OH is 1. The smallest absolute Gasteiger partial charge is 0.267 e. The van der Waals surface area contributed by atoms with Crippen molar-refractivity contribution >= 4 is 51.7 Å². The standard InChI is InChI=1S/C27H29N5O3S2/c1-18-8-9-23-28-24(30-12-10-29(11-13-30)14-15-33)21(25(34)31(23)17-18)16-22-26(35)32(27(36)37-22)19(2)20-6-4-3-5-7-20/h3-9,16-17,19,33H,10-15H2,1-2H3/b22-16-. The lowest BCUT2D eigenvalue weighted by Crippen LogP contribution is -2.48. The van der Waals surface area contributed by atoms with Gasteiger partial charge in [0.05, 0.1) is 23.1 Å². The largest absolute Gasteiger partial charge is 0.395 e. The number of aliphatic hydroxyl groups is 1. The van der Waals surface area contributed by atoms with Gasteiger partial charge in [-0.1, -0.05) is 60.4 Å². The quantitative estimate of drug-likeness (QED) is 0.381. The number of piperazine rings is 1. The number of anilines is 1. The highest BCUT2D eigenvalue weighted by molar-refractivity contribution is 8.26. The molecule has 5 rings (SSSR count). The van der Waals surface area contributed by atoms with Crippen LogP contribution in [0.25, 0.3) is 11.7 Å². The Morgan fingerprint density at radius 2 is 1.84 bits per heavy atom. The minimum atomic E-state index is -0.225. The van der Waals surface area contributed by atoms with Crippen molar-refractivity contribution in [3.05, 3.63) is 80.6 Å². The molecular weight excluding hydrogens is 506 g/mol. The Bertz CT molecular complexity index is 1430. The van der Waals surface area contributed by atoms with Gasteiger partial charge < -0.3 is 10.0 Å². The van der Waals surface area contributed by atoms with Crippen molar-refractivity contribution in [2.24, 2.45) is 0 Å². The lowest BCUT2D eigenvalue weighted by atomic mass is 10.1. The van der Waals surface area contributed by atoms with E-state index >= 15 is 0 Å². The number of thioether (sulfide) groups is 1. The fraction of sp³-hybridized carbons (Fsp3) is 0.333. The molecule has 0 bridgehead atoms. The number of nitrogens with zero attached hydrogens (tertiary/aromatic N) is 5. The van der Waals surface area contributed by atoms with E-state index in [0.29, 0.717) is 45.9 Å². The van der Waals surface area contributed by atoms with E-state index in [0.717, 1.165) is 24.2 Å². The second kappa shape index (κ2) is 10.7. The van der Waals surface area contributed by atoms with E-state index in [2.05, 4.69) is 9.80 Å². The van der Waals surface area contributed by atoms with Crippen LogP contribution in [-0.2, 0) is 4.79 Å². The Hall–Kier alpha value is -3.05. The normalized spacial score (nSPS) is 18.8. The van der Waals surface area contributed by atoms with Crippen LogP contribution in [0.1, 0.15) is 29.7 Å². The zero-order valence-corrected chi connectivity index (χ0v) is 22.5. The summed E-state index contributed by atoms with van der Waals surface area (Å²) in [5, 5.41) is 9.29. The van der Waals surface area contributed by atoms with Crippen LogP contribution in [0, 0.1) is 6.92 Å². The topological polar surface area (TPSA) is 81.4 Å². The van der Waals surface area contributed by atoms with Gasteiger partial charge in [0.2, 0.25) is 0 Å². The van der Waals surface area contributed by atoms with Crippen LogP contribution in [0.4, 0.5) is 5.82 Å². The zero-order chi connectivity index (χ0) is 26.1. The second-order valence-corrected chi connectivity index (χ2v) is 11.0. The number of carbonyl (C=O) groups is 1. The summed E-state index contributed by atoms with van der Waals surface area (Å²) < 4.78 is 2.01. The number of carbonyl (C=O) groups excluding carboxylic acids is 1. The van der Waals surface area contributed by atoms with Gasteiger partial charge in [0.15, 0.2) is 0 Å². The van der Waals surface area contributed by atoms with E-state index in [1.54, 1.807) is 21.6 Å². The van der Waals surface area contributed by atoms with E-state index in [9.17, 15) is 14.7 Å². The molecule has 1 N–H and O–H groups in total. The number of pyridine rings is 1. The third kappa shape index (κ3) is 5.06. The monoisotopic (exact) mass is 535 g/mol. The zero-order valence-electron chi connectivity index (χ0n) is 20.8. The van der Waals surface area contributed by atoms with Crippen LogP contribution < -0.4 is 10.5 Å². The van der Waals surface area contributed by atoms with Gasteiger partial charge in [-0.2, -0.15) is 0 Å². The van der Waals surface area contributed by atoms with Crippen LogP contribution in [0.5, 0.6) is 0 Å². The summed E-state index contributed by atoms with van der Waals surface area (Å²) >= 11 is 6.82. The maximum atomic E-state index is 13.8. The molecule has 4 heterocycles. The Morgan fingerprint density at radius 1 is 1.11 bits per heavy atom. The molecule has 0 aliphatic carbocycles. The molecule has 3 aromatic rings. The van der Waals surface area contributed by atoms with E-state index in [4.69, 9.17) is 17.2 Å². The maximum Gasteiger partial charge on any atom is 0.267 e. The van der Waals surface area contributed by atoms with Gasteiger partial charge in [0, 0.05) is 38.9 Å². The number of amides is 1. The van der Waals surface area contributed by atoms with Crippen LogP contribution in [0.15, 0.2) is 58.4 Å². The van der Waals surface area contributed by atoms with Crippen molar-refractivity contribution in [2.75, 3.05) is 44.2 Å². The molecule has 2 fully saturated rings. The van der Waals surface area contributed by atoms with Crippen molar-refractivity contribution in [3.8, 4) is 0 Å². The van der Waals surface area contributed by atoms with Gasteiger partial charge in [0.1, 0.15) is 15.8 Å². The lowest BCUT2D eigenvalue weighted by molar-refractivity contribution is -0.123. The molecule has 192 valence electrons. The van der Waals surface area contributed by atoms with Gasteiger partial charge in [-0.25, -0.2) is 4.98 Å². The number of benzene rings is 1. The van der Waals surface area contributed by atoms with Crippen LogP contribution >= 0.6 is 24.0 Å². The van der Waals surface area contributed by atoms with Gasteiger partial charge in [0.25, 0.3) is 11.5 Å². The predicted molar refractivity (Wildman–Crippen MR) is 152 cm³/mol. The number of aryl methyl sites for hydroxylation is 1. The number of β-amino-alcohol motifs (C(OH)–C–C–N with tert-alkyl or cyclic N) is 1. The van der Waals surface area contributed by atoms with E-state index in [1.807, 2.05) is 56.3 Å². The van der Waals surface area contributed by atoms with Crippen LogP contribution in [0.3, 0.4) is 0 Å². The third-order valence-electron chi connectivity index (χ3n) is 6.84. The average Bonchev–Trinajstić information content (AvgIpc) is 3.19. The molecule has 1 unspecified atom stereocenters. The van der Waals surface area contributed by atoms with Crippen molar-refractivity contribution in [2.45, 2.75) is 19.9 Å². The van der Waals surface area contributed by atoms with E-state index in [-0.39, 0.29) is 24.1 Å². The van der Waals surface area contributed by atoms with Gasteiger partial charge >= 0.3 is 0 Å². The third-order valence-corrected chi connectivity index (χ3v) is 8.17. The Morgan fingerprint density at radius 3 is 2.54 bits per heavy atom. The van der Waals surface area contributed by atoms with Crippen LogP contribution in [-0.4, -0.2) is 73.8 Å². The molecule has 2 saturated heterocycles. The molecule has 8 nitrogen and oxygen atoms in total. The Kier molecular flexibility index (Phi) is 7.43. The number of aromatic nitrogens is 2. The first-order valence-electron chi connectivity index (χ1n) is 12.3. The number of fused-ring (bicyclic) bond motifs is 1. The molecule has 0 spiro atoms. The van der Waals surface area contributed by atoms with Crippen molar-refractivity contribution in [3.63, 3.8) is 0 Å². The molecule has 1 aromatic carbocycles. The highest BCUT2D eigenvalue weighted by Gasteiger charge is 2.36. The molecule has 2 aliphatic rings.